The van der Waals surface area contributed by atoms with Crippen molar-refractivity contribution >= 4 is 34.3 Å². The molecule has 2 rings (SSSR count). The van der Waals surface area contributed by atoms with Crippen LogP contribution >= 0.6 is 23.5 Å². The molecule has 0 unspecified atom stereocenters. The van der Waals surface area contributed by atoms with Crippen molar-refractivity contribution in [1.29, 1.82) is 0 Å². The molecule has 0 aliphatic heterocycles. The average molecular weight is 301 g/mol. The van der Waals surface area contributed by atoms with Crippen molar-refractivity contribution in [3.8, 4) is 0 Å². The quantitative estimate of drug-likeness (QED) is 0.837. The molecule has 0 atom stereocenters. The van der Waals surface area contributed by atoms with Gasteiger partial charge in [-0.05, 0) is 28.5 Å². The van der Waals surface area contributed by atoms with Gasteiger partial charge in [0, 0.05) is 4.47 Å². The molecule has 0 aromatic heterocycles. The summed E-state index contributed by atoms with van der Waals surface area (Å²) in [4.78, 5) is 17.8. The predicted octanol–water partition coefficient (Wildman–Crippen LogP) is 3.28. The highest BCUT2D eigenvalue weighted by Gasteiger charge is 2.13. The van der Waals surface area contributed by atoms with E-state index in [-0.39, 0.29) is 6.16 Å². The van der Waals surface area contributed by atoms with Crippen LogP contribution in [0.3, 0.4) is 0 Å². The molecule has 0 saturated heterocycles. The average Bonchev–Trinajstić information content (AvgIpc) is 2.14. The summed E-state index contributed by atoms with van der Waals surface area (Å²) >= 11 is 3.36. The third kappa shape index (κ3) is 2.92. The molecule has 0 amide bonds. The number of hydrogen-bond acceptors (Lipinski definition) is 1. The Morgan fingerprint density at radius 3 is 2.44 bits per heavy atom. The van der Waals surface area contributed by atoms with E-state index in [2.05, 4.69) is 15.9 Å². The standard InChI is InChI=1S/C11H10BrO3P/c12-11-4-3-9-2-1-8(5-10(9)6-11)7-16(13,14)15/h1-6H,7H2,(H2,13,14,15). The molecule has 0 aliphatic carbocycles. The molecule has 0 heterocycles. The van der Waals surface area contributed by atoms with Crippen LogP contribution in [-0.4, -0.2) is 9.79 Å². The Morgan fingerprint density at radius 1 is 1.06 bits per heavy atom. The maximum Gasteiger partial charge on any atom is 0.329 e. The van der Waals surface area contributed by atoms with Gasteiger partial charge in [-0.15, -0.1) is 0 Å². The fourth-order valence-corrected chi connectivity index (χ4v) is 2.65. The summed E-state index contributed by atoms with van der Waals surface area (Å²) in [6.45, 7) is 0. The van der Waals surface area contributed by atoms with Crippen LogP contribution in [0.2, 0.25) is 0 Å². The van der Waals surface area contributed by atoms with Gasteiger partial charge in [0.05, 0.1) is 6.16 Å². The van der Waals surface area contributed by atoms with Gasteiger partial charge in [-0.2, -0.15) is 0 Å². The lowest BCUT2D eigenvalue weighted by atomic mass is 10.1. The fourth-order valence-electron chi connectivity index (χ4n) is 1.60. The zero-order valence-corrected chi connectivity index (χ0v) is 10.8. The second-order valence-corrected chi connectivity index (χ2v) is 6.21. The summed E-state index contributed by atoms with van der Waals surface area (Å²) in [5.41, 5.74) is 0.652. The molecule has 2 N–H and O–H groups in total. The molecule has 0 bridgehead atoms. The maximum atomic E-state index is 10.9. The Bertz CT molecular complexity index is 576. The van der Waals surface area contributed by atoms with Crippen molar-refractivity contribution < 1.29 is 14.4 Å². The summed E-state index contributed by atoms with van der Waals surface area (Å²) < 4.78 is 11.8. The molecule has 2 aromatic carbocycles. The first-order valence-electron chi connectivity index (χ1n) is 4.67. The normalized spacial score (nSPS) is 11.9. The van der Waals surface area contributed by atoms with E-state index < -0.39 is 7.60 Å². The Morgan fingerprint density at radius 2 is 1.75 bits per heavy atom. The van der Waals surface area contributed by atoms with Crippen molar-refractivity contribution in [3.63, 3.8) is 0 Å². The van der Waals surface area contributed by atoms with Gasteiger partial charge in [-0.25, -0.2) is 0 Å². The van der Waals surface area contributed by atoms with Crippen LogP contribution in [0.4, 0.5) is 0 Å². The first-order chi connectivity index (χ1) is 7.44. The van der Waals surface area contributed by atoms with Gasteiger partial charge in [0.25, 0.3) is 0 Å². The third-order valence-corrected chi connectivity index (χ3v) is 3.53. The van der Waals surface area contributed by atoms with Gasteiger partial charge in [0.15, 0.2) is 0 Å². The Labute approximate surface area is 101 Å². The first kappa shape index (κ1) is 11.8. The zero-order valence-electron chi connectivity index (χ0n) is 8.30. The smallest absolute Gasteiger partial charge is 0.324 e. The number of benzene rings is 2. The molecule has 0 saturated carbocycles. The lowest BCUT2D eigenvalue weighted by Gasteiger charge is -2.05. The molecule has 84 valence electrons. The summed E-state index contributed by atoms with van der Waals surface area (Å²) in [6.07, 6.45) is -0.213. The van der Waals surface area contributed by atoms with Crippen molar-refractivity contribution in [2.45, 2.75) is 6.16 Å². The van der Waals surface area contributed by atoms with Crippen LogP contribution < -0.4 is 0 Å². The molecule has 5 heteroatoms. The largest absolute Gasteiger partial charge is 0.329 e. The summed E-state index contributed by atoms with van der Waals surface area (Å²) in [5.74, 6) is 0. The van der Waals surface area contributed by atoms with Gasteiger partial charge in [-0.1, -0.05) is 40.2 Å². The summed E-state index contributed by atoms with van der Waals surface area (Å²) in [5, 5.41) is 2.03. The Kier molecular flexibility index (Phi) is 3.17. The van der Waals surface area contributed by atoms with E-state index in [0.29, 0.717) is 5.56 Å². The summed E-state index contributed by atoms with van der Waals surface area (Å²) in [7, 11) is -3.99. The van der Waals surface area contributed by atoms with E-state index >= 15 is 0 Å². The van der Waals surface area contributed by atoms with Crippen LogP contribution in [0.15, 0.2) is 40.9 Å². The number of fused-ring (bicyclic) bond motifs is 1. The van der Waals surface area contributed by atoms with Crippen LogP contribution in [0, 0.1) is 0 Å². The molecule has 0 aliphatic rings. The van der Waals surface area contributed by atoms with Crippen molar-refractivity contribution in [3.05, 3.63) is 46.4 Å². The lowest BCUT2D eigenvalue weighted by Crippen LogP contribution is -1.87. The molecule has 0 radical (unpaired) electrons. The molecule has 2 aromatic rings. The van der Waals surface area contributed by atoms with Crippen LogP contribution in [0.1, 0.15) is 5.56 Å². The second kappa shape index (κ2) is 4.30. The Hall–Kier alpha value is -0.670. The highest BCUT2D eigenvalue weighted by molar-refractivity contribution is 9.10. The maximum absolute atomic E-state index is 10.9. The molecular weight excluding hydrogens is 291 g/mol. The van der Waals surface area contributed by atoms with E-state index in [1.165, 1.54) is 0 Å². The van der Waals surface area contributed by atoms with Crippen LogP contribution in [0.25, 0.3) is 10.8 Å². The fraction of sp³-hybridized carbons (Fsp3) is 0.0909. The molecular formula is C11H10BrO3P. The zero-order chi connectivity index (χ0) is 11.8. The molecule has 0 fully saturated rings. The van der Waals surface area contributed by atoms with Gasteiger partial charge in [0.2, 0.25) is 0 Å². The SMILES string of the molecule is O=P(O)(O)Cc1ccc2ccc(Br)cc2c1. The van der Waals surface area contributed by atoms with Crippen molar-refractivity contribution in [2.24, 2.45) is 0 Å². The van der Waals surface area contributed by atoms with E-state index in [1.54, 1.807) is 12.1 Å². The number of rotatable bonds is 2. The molecule has 3 nitrogen and oxygen atoms in total. The Balaban J connectivity index is 2.47. The van der Waals surface area contributed by atoms with Crippen LogP contribution in [-0.2, 0) is 10.7 Å². The lowest BCUT2D eigenvalue weighted by molar-refractivity contribution is 0.372. The minimum atomic E-state index is -3.99. The third-order valence-electron chi connectivity index (χ3n) is 2.26. The van der Waals surface area contributed by atoms with Gasteiger partial charge in [0.1, 0.15) is 0 Å². The van der Waals surface area contributed by atoms with E-state index in [0.717, 1.165) is 15.2 Å². The number of hydrogen-bond donors (Lipinski definition) is 2. The summed E-state index contributed by atoms with van der Waals surface area (Å²) in [6, 6.07) is 11.2. The number of halogens is 1. The van der Waals surface area contributed by atoms with E-state index in [9.17, 15) is 4.57 Å². The van der Waals surface area contributed by atoms with E-state index in [4.69, 9.17) is 9.79 Å². The van der Waals surface area contributed by atoms with Gasteiger partial charge < -0.3 is 9.79 Å². The predicted molar refractivity (Wildman–Crippen MR) is 67.4 cm³/mol. The van der Waals surface area contributed by atoms with Crippen molar-refractivity contribution in [1.82, 2.24) is 0 Å². The minimum absolute atomic E-state index is 0.213. The van der Waals surface area contributed by atoms with Gasteiger partial charge in [-0.3, -0.25) is 4.57 Å². The van der Waals surface area contributed by atoms with Crippen LogP contribution in [0.5, 0.6) is 0 Å². The monoisotopic (exact) mass is 300 g/mol. The topological polar surface area (TPSA) is 57.5 Å². The molecule has 16 heavy (non-hydrogen) atoms. The van der Waals surface area contributed by atoms with E-state index in [1.807, 2.05) is 24.3 Å². The minimum Gasteiger partial charge on any atom is -0.324 e. The highest BCUT2D eigenvalue weighted by Crippen LogP contribution is 2.39. The van der Waals surface area contributed by atoms with Crippen molar-refractivity contribution in [2.75, 3.05) is 0 Å². The molecule has 0 spiro atoms. The van der Waals surface area contributed by atoms with Gasteiger partial charge >= 0.3 is 7.60 Å². The first-order valence-corrected chi connectivity index (χ1v) is 7.26. The second-order valence-electron chi connectivity index (χ2n) is 3.65. The highest BCUT2D eigenvalue weighted by atomic mass is 79.9.